The number of nitrogens with zero attached hydrogens (tertiary/aromatic N) is 2. The van der Waals surface area contributed by atoms with Gasteiger partial charge in [0.2, 0.25) is 0 Å². The third-order valence-electron chi connectivity index (χ3n) is 6.54. The predicted molar refractivity (Wildman–Crippen MR) is 128 cm³/mol. The first-order chi connectivity index (χ1) is 16.3. The van der Waals surface area contributed by atoms with Crippen LogP contribution in [0.2, 0.25) is 0 Å². The van der Waals surface area contributed by atoms with E-state index in [-0.39, 0.29) is 5.43 Å². The van der Waals surface area contributed by atoms with Crippen LogP contribution in [0, 0.1) is 13.8 Å². The number of alkyl halides is 3. The fraction of sp³-hybridized carbons (Fsp3) is 0.333. The van der Waals surface area contributed by atoms with Crippen LogP contribution in [-0.2, 0) is 12.0 Å². The zero-order valence-corrected chi connectivity index (χ0v) is 20.0. The summed E-state index contributed by atoms with van der Waals surface area (Å²) in [5.41, 5.74) is -1.13. The molecule has 0 aliphatic rings. The highest BCUT2D eigenvalue weighted by Gasteiger charge is 2.56. The molecule has 5 nitrogen and oxygen atoms in total. The predicted octanol–water partition coefficient (Wildman–Crippen LogP) is 5.93. The zero-order chi connectivity index (χ0) is 25.6. The van der Waals surface area contributed by atoms with E-state index in [4.69, 9.17) is 4.52 Å². The molecule has 184 valence electrons. The topological polar surface area (TPSA) is 68.3 Å². The van der Waals surface area contributed by atoms with Crippen LogP contribution in [0.15, 0.2) is 70.1 Å². The Balaban J connectivity index is 1.74. The van der Waals surface area contributed by atoms with E-state index in [1.165, 1.54) is 16.8 Å². The van der Waals surface area contributed by atoms with Crippen molar-refractivity contribution in [3.05, 3.63) is 88.0 Å². The Morgan fingerprint density at radius 3 is 2.40 bits per heavy atom. The third-order valence-corrected chi connectivity index (χ3v) is 6.54. The normalized spacial score (nSPS) is 14.3. The minimum Gasteiger partial charge on any atom is -0.379 e. The highest BCUT2D eigenvalue weighted by Crippen LogP contribution is 2.43. The molecule has 0 spiro atoms. The SMILES string of the molecule is Cc1noc(C)c1-c1cccc(C(C)(C)CC(O)(Cn2ccc(=O)c3ccccc32)C(F)(F)F)c1. The van der Waals surface area contributed by atoms with E-state index in [0.717, 1.165) is 11.1 Å². The summed E-state index contributed by atoms with van der Waals surface area (Å²) in [6.07, 6.45) is -4.20. The standard InChI is InChI=1S/C27H27F3N2O3/c1-17-24(18(2)35-31-17)19-8-7-9-20(14-19)25(3,4)15-26(34,27(28,29)30)16-32-13-12-23(33)21-10-5-6-11-22(21)32/h5-14,34H,15-16H2,1-4H3. The molecule has 4 rings (SSSR count). The van der Waals surface area contributed by atoms with Gasteiger partial charge in [0.1, 0.15) is 5.76 Å². The number of rotatable bonds is 6. The summed E-state index contributed by atoms with van der Waals surface area (Å²) in [7, 11) is 0. The van der Waals surface area contributed by atoms with Crippen molar-refractivity contribution in [1.29, 1.82) is 0 Å². The highest BCUT2D eigenvalue weighted by molar-refractivity contribution is 5.78. The van der Waals surface area contributed by atoms with Gasteiger partial charge in [0.05, 0.1) is 17.8 Å². The number of fused-ring (bicyclic) bond motifs is 1. The average molecular weight is 485 g/mol. The van der Waals surface area contributed by atoms with Gasteiger partial charge in [0.15, 0.2) is 11.0 Å². The number of hydrogen-bond acceptors (Lipinski definition) is 4. The van der Waals surface area contributed by atoms with Crippen LogP contribution in [0.5, 0.6) is 0 Å². The molecule has 0 radical (unpaired) electrons. The fourth-order valence-corrected chi connectivity index (χ4v) is 4.75. The van der Waals surface area contributed by atoms with Gasteiger partial charge < -0.3 is 14.2 Å². The Labute approximate surface area is 200 Å². The highest BCUT2D eigenvalue weighted by atomic mass is 19.4. The van der Waals surface area contributed by atoms with E-state index in [2.05, 4.69) is 5.16 Å². The number of aliphatic hydroxyl groups is 1. The van der Waals surface area contributed by atoms with Crippen LogP contribution in [0.4, 0.5) is 13.2 Å². The second-order valence-corrected chi connectivity index (χ2v) is 9.70. The molecule has 0 saturated carbocycles. The van der Waals surface area contributed by atoms with Crippen molar-refractivity contribution in [3.63, 3.8) is 0 Å². The van der Waals surface area contributed by atoms with Crippen LogP contribution < -0.4 is 5.43 Å². The number of pyridine rings is 1. The number of para-hydroxylation sites is 1. The van der Waals surface area contributed by atoms with Crippen LogP contribution in [0.1, 0.15) is 37.3 Å². The Hall–Kier alpha value is -3.39. The number of hydrogen-bond donors (Lipinski definition) is 1. The van der Waals surface area contributed by atoms with Crippen LogP contribution in [0.3, 0.4) is 0 Å². The van der Waals surface area contributed by atoms with E-state index >= 15 is 0 Å². The first-order valence-corrected chi connectivity index (χ1v) is 11.2. The summed E-state index contributed by atoms with van der Waals surface area (Å²) in [6, 6.07) is 14.9. The van der Waals surface area contributed by atoms with Crippen LogP contribution in [0.25, 0.3) is 22.0 Å². The molecule has 0 fully saturated rings. The molecule has 1 unspecified atom stereocenters. The number of aryl methyl sites for hydroxylation is 2. The van der Waals surface area contributed by atoms with E-state index in [0.29, 0.717) is 27.9 Å². The monoisotopic (exact) mass is 484 g/mol. The zero-order valence-electron chi connectivity index (χ0n) is 20.0. The fourth-order valence-electron chi connectivity index (χ4n) is 4.75. The summed E-state index contributed by atoms with van der Waals surface area (Å²) in [6.45, 7) is 6.20. The summed E-state index contributed by atoms with van der Waals surface area (Å²) in [4.78, 5) is 12.2. The lowest BCUT2D eigenvalue weighted by molar-refractivity contribution is -0.271. The molecule has 1 N–H and O–H groups in total. The largest absolute Gasteiger partial charge is 0.418 e. The Kier molecular flexibility index (Phi) is 6.13. The number of aromatic nitrogens is 2. The molecule has 1 atom stereocenters. The summed E-state index contributed by atoms with van der Waals surface area (Å²) in [5.74, 6) is 0.620. The molecule has 2 heterocycles. The molecule has 0 saturated heterocycles. The van der Waals surface area contributed by atoms with E-state index < -0.39 is 30.2 Å². The van der Waals surface area contributed by atoms with Gasteiger partial charge in [-0.2, -0.15) is 13.2 Å². The smallest absolute Gasteiger partial charge is 0.379 e. The van der Waals surface area contributed by atoms with Gasteiger partial charge in [-0.1, -0.05) is 55.4 Å². The Bertz CT molecular complexity index is 1420. The molecule has 2 aromatic heterocycles. The van der Waals surface area contributed by atoms with Crippen molar-refractivity contribution < 1.29 is 22.8 Å². The second kappa shape index (κ2) is 8.68. The second-order valence-electron chi connectivity index (χ2n) is 9.70. The molecule has 4 aromatic rings. The molecule has 0 bridgehead atoms. The minimum atomic E-state index is -4.91. The van der Waals surface area contributed by atoms with Gasteiger partial charge in [-0.25, -0.2) is 0 Å². The first kappa shape index (κ1) is 24.7. The van der Waals surface area contributed by atoms with Crippen molar-refractivity contribution in [2.24, 2.45) is 0 Å². The molecule has 8 heteroatoms. The molecule has 0 amide bonds. The molecule has 2 aromatic carbocycles. The van der Waals surface area contributed by atoms with Crippen molar-refractivity contribution in [1.82, 2.24) is 9.72 Å². The summed E-state index contributed by atoms with van der Waals surface area (Å²) in [5, 5.41) is 15.4. The van der Waals surface area contributed by atoms with Gasteiger partial charge in [-0.05, 0) is 48.9 Å². The molecule has 35 heavy (non-hydrogen) atoms. The van der Waals surface area contributed by atoms with Crippen molar-refractivity contribution >= 4 is 10.9 Å². The summed E-state index contributed by atoms with van der Waals surface area (Å²) >= 11 is 0. The number of halogens is 3. The Morgan fingerprint density at radius 2 is 1.74 bits per heavy atom. The molecular formula is C27H27F3N2O3. The van der Waals surface area contributed by atoms with E-state index in [1.54, 1.807) is 64.1 Å². The number of benzene rings is 2. The third kappa shape index (κ3) is 4.62. The summed E-state index contributed by atoms with van der Waals surface area (Å²) < 4.78 is 49.7. The van der Waals surface area contributed by atoms with Crippen LogP contribution in [-0.4, -0.2) is 26.6 Å². The molecular weight excluding hydrogens is 457 g/mol. The quantitative estimate of drug-likeness (QED) is 0.368. The maximum absolute atomic E-state index is 14.4. The lowest BCUT2D eigenvalue weighted by Gasteiger charge is -2.38. The molecule has 0 aliphatic heterocycles. The van der Waals surface area contributed by atoms with Gasteiger partial charge in [-0.3, -0.25) is 4.79 Å². The van der Waals surface area contributed by atoms with E-state index in [9.17, 15) is 23.1 Å². The average Bonchev–Trinajstić information content (AvgIpc) is 3.13. The van der Waals surface area contributed by atoms with Gasteiger partial charge in [0.25, 0.3) is 0 Å². The minimum absolute atomic E-state index is 0.288. The van der Waals surface area contributed by atoms with Gasteiger partial charge >= 0.3 is 6.18 Å². The van der Waals surface area contributed by atoms with Crippen molar-refractivity contribution in [2.45, 2.75) is 57.9 Å². The van der Waals surface area contributed by atoms with Gasteiger partial charge in [-0.15, -0.1) is 0 Å². The maximum atomic E-state index is 14.4. The van der Waals surface area contributed by atoms with Gasteiger partial charge in [0, 0.05) is 23.2 Å². The first-order valence-electron chi connectivity index (χ1n) is 11.2. The van der Waals surface area contributed by atoms with Crippen molar-refractivity contribution in [2.75, 3.05) is 0 Å². The lowest BCUT2D eigenvalue weighted by Crippen LogP contribution is -2.52. The lowest BCUT2D eigenvalue weighted by atomic mass is 9.74. The van der Waals surface area contributed by atoms with E-state index in [1.807, 2.05) is 12.1 Å². The maximum Gasteiger partial charge on any atom is 0.418 e. The van der Waals surface area contributed by atoms with Crippen LogP contribution >= 0.6 is 0 Å². The van der Waals surface area contributed by atoms with Crippen molar-refractivity contribution in [3.8, 4) is 11.1 Å². The molecule has 0 aliphatic carbocycles. The Morgan fingerprint density at radius 1 is 1.03 bits per heavy atom.